The Balaban J connectivity index is 0.000000260. The minimum absolute atomic E-state index is 0.300. The van der Waals surface area contributed by atoms with Crippen LogP contribution in [0, 0.1) is 0 Å². The number of hydrogen-bond donors (Lipinski definition) is 2. The van der Waals surface area contributed by atoms with Crippen LogP contribution in [0.5, 0.6) is 11.5 Å². The van der Waals surface area contributed by atoms with Crippen LogP contribution in [0.15, 0.2) is 48.5 Å². The van der Waals surface area contributed by atoms with Crippen LogP contribution >= 0.6 is 46.4 Å². The first-order chi connectivity index (χ1) is 12.1. The van der Waals surface area contributed by atoms with Crippen molar-refractivity contribution in [3.8, 4) is 11.5 Å². The summed E-state index contributed by atoms with van der Waals surface area (Å²) < 4.78 is 7.42. The van der Waals surface area contributed by atoms with Gasteiger partial charge in [0.1, 0.15) is 11.5 Å². The number of rotatable bonds is 6. The number of hydrogen-bond acceptors (Lipinski definition) is 4. The Labute approximate surface area is 168 Å². The SMILES string of the molecule is O=C(O)C(Cl)(Cl)Oc1ccccc1.O=C(O)COc1ccc(Cl)cc1Cl. The molecule has 10 heteroatoms. The third kappa shape index (κ3) is 8.01. The zero-order valence-electron chi connectivity index (χ0n) is 12.9. The second-order valence-electron chi connectivity index (χ2n) is 4.49. The van der Waals surface area contributed by atoms with Gasteiger partial charge in [-0.25, -0.2) is 9.59 Å². The molecule has 0 aliphatic rings. The number of benzene rings is 2. The summed E-state index contributed by atoms with van der Waals surface area (Å²) in [5.41, 5.74) is 0. The van der Waals surface area contributed by atoms with Gasteiger partial charge in [0.25, 0.3) is 0 Å². The molecule has 6 nitrogen and oxygen atoms in total. The van der Waals surface area contributed by atoms with E-state index in [1.165, 1.54) is 12.1 Å². The number of para-hydroxylation sites is 1. The van der Waals surface area contributed by atoms with Crippen molar-refractivity contribution in [2.24, 2.45) is 0 Å². The van der Waals surface area contributed by atoms with E-state index >= 15 is 0 Å². The summed E-state index contributed by atoms with van der Waals surface area (Å²) >= 11 is 22.0. The quantitative estimate of drug-likeness (QED) is 0.629. The summed E-state index contributed by atoms with van der Waals surface area (Å²) in [6, 6.07) is 12.8. The van der Waals surface area contributed by atoms with Gasteiger partial charge in [0, 0.05) is 5.02 Å². The Hall–Kier alpha value is -1.86. The smallest absolute Gasteiger partial charge is 0.381 e. The van der Waals surface area contributed by atoms with Gasteiger partial charge in [0.05, 0.1) is 5.02 Å². The largest absolute Gasteiger partial charge is 0.480 e. The average molecular weight is 442 g/mol. The monoisotopic (exact) mass is 440 g/mol. The van der Waals surface area contributed by atoms with Gasteiger partial charge in [-0.2, -0.15) is 0 Å². The molecule has 2 N–H and O–H groups in total. The molecule has 0 saturated heterocycles. The molecule has 0 heterocycles. The molecule has 0 spiro atoms. The van der Waals surface area contributed by atoms with E-state index in [1.54, 1.807) is 36.4 Å². The highest BCUT2D eigenvalue weighted by molar-refractivity contribution is 6.56. The van der Waals surface area contributed by atoms with Crippen LogP contribution in [-0.2, 0) is 9.59 Å². The molecule has 0 aliphatic carbocycles. The predicted molar refractivity (Wildman–Crippen MR) is 98.7 cm³/mol. The van der Waals surface area contributed by atoms with Gasteiger partial charge in [0.2, 0.25) is 0 Å². The van der Waals surface area contributed by atoms with E-state index in [4.69, 9.17) is 66.1 Å². The van der Waals surface area contributed by atoms with Gasteiger partial charge in [-0.1, -0.05) is 41.4 Å². The number of aliphatic carboxylic acids is 2. The Morgan fingerprint density at radius 2 is 1.62 bits per heavy atom. The van der Waals surface area contributed by atoms with Gasteiger partial charge >= 0.3 is 16.5 Å². The van der Waals surface area contributed by atoms with E-state index in [0.717, 1.165) is 0 Å². The van der Waals surface area contributed by atoms with Crippen molar-refractivity contribution in [1.82, 2.24) is 0 Å². The van der Waals surface area contributed by atoms with Crippen LogP contribution in [0.4, 0.5) is 0 Å². The maximum atomic E-state index is 10.4. The minimum atomic E-state index is -2.23. The first-order valence-electron chi connectivity index (χ1n) is 6.76. The van der Waals surface area contributed by atoms with E-state index < -0.39 is 23.1 Å². The van der Waals surface area contributed by atoms with Crippen LogP contribution < -0.4 is 9.47 Å². The standard InChI is InChI=1S/2C8H6Cl2O3/c9-5-1-2-7(6(10)3-5)13-4-8(11)12;9-8(10,7(11)12)13-6-4-2-1-3-5-6/h1-3H,4H2,(H,11,12);1-5H,(H,11,12). The molecule has 0 aliphatic heterocycles. The molecule has 2 aromatic carbocycles. The Morgan fingerprint density at radius 1 is 1.00 bits per heavy atom. The highest BCUT2D eigenvalue weighted by atomic mass is 35.5. The third-order valence-corrected chi connectivity index (χ3v) is 3.49. The van der Waals surface area contributed by atoms with Gasteiger partial charge < -0.3 is 19.7 Å². The van der Waals surface area contributed by atoms with E-state index in [9.17, 15) is 9.59 Å². The first-order valence-corrected chi connectivity index (χ1v) is 8.28. The Bertz CT molecular complexity index is 752. The van der Waals surface area contributed by atoms with Crippen LogP contribution in [-0.4, -0.2) is 33.3 Å². The molecule has 2 rings (SSSR count). The highest BCUT2D eigenvalue weighted by Gasteiger charge is 2.36. The number of halogens is 4. The summed E-state index contributed by atoms with van der Waals surface area (Å²) in [7, 11) is 0. The van der Waals surface area contributed by atoms with E-state index in [2.05, 4.69) is 0 Å². The Morgan fingerprint density at radius 3 is 2.12 bits per heavy atom. The lowest BCUT2D eigenvalue weighted by molar-refractivity contribution is -0.143. The molecule has 0 aromatic heterocycles. The fourth-order valence-electron chi connectivity index (χ4n) is 1.41. The normalized spacial score (nSPS) is 10.3. The molecular weight excluding hydrogens is 430 g/mol. The maximum Gasteiger partial charge on any atom is 0.381 e. The molecule has 140 valence electrons. The molecule has 0 saturated carbocycles. The summed E-state index contributed by atoms with van der Waals surface area (Å²) in [5, 5.41) is 17.6. The van der Waals surface area contributed by atoms with Crippen molar-refractivity contribution in [3.63, 3.8) is 0 Å². The fourth-order valence-corrected chi connectivity index (χ4v) is 2.05. The van der Waals surface area contributed by atoms with Crippen molar-refractivity contribution >= 4 is 58.3 Å². The number of alkyl halides is 2. The zero-order chi connectivity index (χ0) is 19.7. The van der Waals surface area contributed by atoms with Crippen molar-refractivity contribution in [2.75, 3.05) is 6.61 Å². The van der Waals surface area contributed by atoms with E-state index in [-0.39, 0.29) is 0 Å². The van der Waals surface area contributed by atoms with Gasteiger partial charge in [-0.05, 0) is 53.5 Å². The van der Waals surface area contributed by atoms with Crippen molar-refractivity contribution in [2.45, 2.75) is 4.52 Å². The van der Waals surface area contributed by atoms with E-state index in [1.807, 2.05) is 0 Å². The molecule has 0 fully saturated rings. The summed E-state index contributed by atoms with van der Waals surface area (Å²) in [6.07, 6.45) is 0. The van der Waals surface area contributed by atoms with Crippen LogP contribution in [0.25, 0.3) is 0 Å². The lowest BCUT2D eigenvalue weighted by Gasteiger charge is -2.15. The maximum absolute atomic E-state index is 10.4. The topological polar surface area (TPSA) is 93.1 Å². The molecule has 0 bridgehead atoms. The van der Waals surface area contributed by atoms with Crippen LogP contribution in [0.3, 0.4) is 0 Å². The van der Waals surface area contributed by atoms with Crippen molar-refractivity contribution in [3.05, 3.63) is 58.6 Å². The molecule has 0 amide bonds. The Kier molecular flexibility index (Phi) is 8.81. The molecular formula is C16H12Cl4O6. The highest BCUT2D eigenvalue weighted by Crippen LogP contribution is 2.27. The molecule has 0 radical (unpaired) electrons. The fraction of sp³-hybridized carbons (Fsp3) is 0.125. The number of ether oxygens (including phenoxy) is 2. The predicted octanol–water partition coefficient (Wildman–Crippen LogP) is 4.74. The number of carboxylic acid groups (broad SMARTS) is 2. The van der Waals surface area contributed by atoms with Crippen LogP contribution in [0.1, 0.15) is 0 Å². The lowest BCUT2D eigenvalue weighted by Crippen LogP contribution is -2.32. The van der Waals surface area contributed by atoms with Crippen molar-refractivity contribution in [1.29, 1.82) is 0 Å². The molecule has 2 aromatic rings. The molecule has 0 unspecified atom stereocenters. The summed E-state index contributed by atoms with van der Waals surface area (Å²) in [4.78, 5) is 20.6. The van der Waals surface area contributed by atoms with Crippen LogP contribution in [0.2, 0.25) is 10.0 Å². The zero-order valence-corrected chi connectivity index (χ0v) is 15.9. The third-order valence-electron chi connectivity index (χ3n) is 2.48. The average Bonchev–Trinajstić information content (AvgIpc) is 2.55. The summed E-state index contributed by atoms with van der Waals surface area (Å²) in [5.74, 6) is -1.88. The number of carbonyl (C=O) groups is 2. The van der Waals surface area contributed by atoms with Crippen molar-refractivity contribution < 1.29 is 29.3 Å². The second-order valence-corrected chi connectivity index (χ2v) is 6.60. The number of carboxylic acids is 2. The molecule has 0 atom stereocenters. The summed E-state index contributed by atoms with van der Waals surface area (Å²) in [6.45, 7) is -0.415. The van der Waals surface area contributed by atoms with Gasteiger partial charge in [0.15, 0.2) is 6.61 Å². The lowest BCUT2D eigenvalue weighted by atomic mass is 10.3. The van der Waals surface area contributed by atoms with Gasteiger partial charge in [-0.15, -0.1) is 0 Å². The minimum Gasteiger partial charge on any atom is -0.480 e. The van der Waals surface area contributed by atoms with Gasteiger partial charge in [-0.3, -0.25) is 0 Å². The van der Waals surface area contributed by atoms with E-state index in [0.29, 0.717) is 21.5 Å². The molecule has 26 heavy (non-hydrogen) atoms. The second kappa shape index (κ2) is 10.3. The first kappa shape index (κ1) is 22.2.